The van der Waals surface area contributed by atoms with E-state index >= 15 is 0 Å². The normalized spacial score (nSPS) is 19.9. The number of ether oxygens (including phenoxy) is 1. The van der Waals surface area contributed by atoms with Gasteiger partial charge < -0.3 is 9.26 Å². The quantitative estimate of drug-likeness (QED) is 0.764. The Morgan fingerprint density at radius 3 is 2.75 bits per heavy atom. The highest BCUT2D eigenvalue weighted by atomic mass is 35.5. The van der Waals surface area contributed by atoms with E-state index in [-0.39, 0.29) is 5.60 Å². The van der Waals surface area contributed by atoms with Gasteiger partial charge in [-0.1, -0.05) is 24.4 Å². The largest absolute Gasteiger partial charge is 0.370 e. The molecular formula is C11H17ClN2O2. The van der Waals surface area contributed by atoms with Crippen molar-refractivity contribution in [2.75, 3.05) is 13.0 Å². The van der Waals surface area contributed by atoms with Crippen molar-refractivity contribution in [1.82, 2.24) is 10.1 Å². The highest BCUT2D eigenvalue weighted by Gasteiger charge is 2.38. The number of rotatable bonds is 4. The van der Waals surface area contributed by atoms with Gasteiger partial charge in [-0.3, -0.25) is 0 Å². The third kappa shape index (κ3) is 2.23. The van der Waals surface area contributed by atoms with Crippen molar-refractivity contribution < 1.29 is 9.26 Å². The number of nitrogens with zero attached hydrogens (tertiary/aromatic N) is 2. The molecule has 4 nitrogen and oxygen atoms in total. The summed E-state index contributed by atoms with van der Waals surface area (Å²) >= 11 is 5.64. The van der Waals surface area contributed by atoms with E-state index in [4.69, 9.17) is 20.9 Å². The molecule has 2 rings (SSSR count). The maximum absolute atomic E-state index is 5.64. The zero-order valence-corrected chi connectivity index (χ0v) is 10.3. The van der Waals surface area contributed by atoms with Gasteiger partial charge in [-0.05, 0) is 12.8 Å². The first-order valence-corrected chi connectivity index (χ1v) is 6.28. The van der Waals surface area contributed by atoms with Crippen LogP contribution in [-0.2, 0) is 16.8 Å². The second kappa shape index (κ2) is 5.15. The maximum Gasteiger partial charge on any atom is 0.227 e. The fourth-order valence-corrected chi connectivity index (χ4v) is 2.43. The van der Waals surface area contributed by atoms with E-state index in [1.54, 1.807) is 7.11 Å². The van der Waals surface area contributed by atoms with Crippen LogP contribution in [0.25, 0.3) is 0 Å². The van der Waals surface area contributed by atoms with E-state index in [0.717, 1.165) is 25.7 Å². The summed E-state index contributed by atoms with van der Waals surface area (Å²) in [4.78, 5) is 4.38. The molecule has 0 bridgehead atoms. The van der Waals surface area contributed by atoms with Crippen LogP contribution in [0.1, 0.15) is 43.8 Å². The number of aryl methyl sites for hydroxylation is 1. The summed E-state index contributed by atoms with van der Waals surface area (Å²) in [5.41, 5.74) is -0.327. The van der Waals surface area contributed by atoms with E-state index in [1.165, 1.54) is 6.42 Å². The van der Waals surface area contributed by atoms with Gasteiger partial charge in [0.05, 0.1) is 0 Å². The second-order valence-corrected chi connectivity index (χ2v) is 4.59. The highest BCUT2D eigenvalue weighted by molar-refractivity contribution is 6.17. The van der Waals surface area contributed by atoms with Gasteiger partial charge in [0.25, 0.3) is 0 Å². The number of alkyl halides is 1. The standard InChI is InChI=1S/C11H17ClN2O2/c1-15-11(6-3-2-4-7-11)10-13-9(5-8-12)16-14-10/h2-8H2,1H3. The molecule has 0 unspecified atom stereocenters. The molecule has 5 heteroatoms. The molecule has 0 amide bonds. The predicted octanol–water partition coefficient (Wildman–Crippen LogP) is 2.66. The fraction of sp³-hybridized carbons (Fsp3) is 0.818. The average Bonchev–Trinajstić information content (AvgIpc) is 2.80. The zero-order chi connectivity index (χ0) is 11.4. The molecule has 1 saturated carbocycles. The van der Waals surface area contributed by atoms with Crippen LogP contribution in [0.4, 0.5) is 0 Å². The van der Waals surface area contributed by atoms with Gasteiger partial charge in [0.15, 0.2) is 0 Å². The lowest BCUT2D eigenvalue weighted by Crippen LogP contribution is -2.32. The zero-order valence-electron chi connectivity index (χ0n) is 9.54. The lowest BCUT2D eigenvalue weighted by atomic mass is 9.84. The van der Waals surface area contributed by atoms with Crippen molar-refractivity contribution in [2.45, 2.75) is 44.1 Å². The number of halogens is 1. The smallest absolute Gasteiger partial charge is 0.227 e. The molecule has 90 valence electrons. The summed E-state index contributed by atoms with van der Waals surface area (Å²) in [5, 5.41) is 4.03. The third-order valence-corrected chi connectivity index (χ3v) is 3.42. The SMILES string of the molecule is COC1(c2noc(CCCl)n2)CCCCC1. The molecule has 0 spiro atoms. The van der Waals surface area contributed by atoms with Crippen LogP contribution in [-0.4, -0.2) is 23.1 Å². The number of hydrogen-bond acceptors (Lipinski definition) is 4. The highest BCUT2D eigenvalue weighted by Crippen LogP contribution is 2.38. The molecule has 1 aliphatic carbocycles. The molecule has 1 aliphatic rings. The minimum atomic E-state index is -0.327. The monoisotopic (exact) mass is 244 g/mol. The van der Waals surface area contributed by atoms with Crippen LogP contribution in [0.15, 0.2) is 4.52 Å². The molecule has 1 aromatic heterocycles. The Morgan fingerprint density at radius 2 is 2.12 bits per heavy atom. The van der Waals surface area contributed by atoms with E-state index in [1.807, 2.05) is 0 Å². The van der Waals surface area contributed by atoms with Crippen molar-refractivity contribution in [3.05, 3.63) is 11.7 Å². The molecule has 16 heavy (non-hydrogen) atoms. The molecule has 0 aliphatic heterocycles. The maximum atomic E-state index is 5.64. The van der Waals surface area contributed by atoms with E-state index in [0.29, 0.717) is 24.0 Å². The molecular weight excluding hydrogens is 228 g/mol. The summed E-state index contributed by atoms with van der Waals surface area (Å²) in [5.74, 6) is 1.79. The number of hydrogen-bond donors (Lipinski definition) is 0. The van der Waals surface area contributed by atoms with Crippen LogP contribution in [0.5, 0.6) is 0 Å². The topological polar surface area (TPSA) is 48.2 Å². The molecule has 0 atom stereocenters. The average molecular weight is 245 g/mol. The lowest BCUT2D eigenvalue weighted by molar-refractivity contribution is -0.0527. The molecule has 1 fully saturated rings. The van der Waals surface area contributed by atoms with Gasteiger partial charge in [-0.2, -0.15) is 4.98 Å². The van der Waals surface area contributed by atoms with E-state index < -0.39 is 0 Å². The Kier molecular flexibility index (Phi) is 3.82. The van der Waals surface area contributed by atoms with Crippen molar-refractivity contribution >= 4 is 11.6 Å². The molecule has 1 heterocycles. The molecule has 0 saturated heterocycles. The minimum absolute atomic E-state index is 0.327. The van der Waals surface area contributed by atoms with Crippen LogP contribution < -0.4 is 0 Å². The van der Waals surface area contributed by atoms with E-state index in [9.17, 15) is 0 Å². The molecule has 0 N–H and O–H groups in total. The Balaban J connectivity index is 2.18. The first kappa shape index (κ1) is 11.9. The summed E-state index contributed by atoms with van der Waals surface area (Å²) in [7, 11) is 1.73. The van der Waals surface area contributed by atoms with Gasteiger partial charge in [0.1, 0.15) is 5.60 Å². The summed E-state index contributed by atoms with van der Waals surface area (Å²) < 4.78 is 10.8. The van der Waals surface area contributed by atoms with Crippen molar-refractivity contribution in [1.29, 1.82) is 0 Å². The Labute approximate surface area is 100 Å². The van der Waals surface area contributed by atoms with E-state index in [2.05, 4.69) is 10.1 Å². The Bertz CT molecular complexity index is 334. The van der Waals surface area contributed by atoms with Crippen LogP contribution >= 0.6 is 11.6 Å². The number of methoxy groups -OCH3 is 1. The summed E-state index contributed by atoms with van der Waals surface area (Å²) in [6.07, 6.45) is 6.15. The van der Waals surface area contributed by atoms with Gasteiger partial charge in [0.2, 0.25) is 11.7 Å². The van der Waals surface area contributed by atoms with Gasteiger partial charge in [0, 0.05) is 19.4 Å². The molecule has 0 radical (unpaired) electrons. The fourth-order valence-electron chi connectivity index (χ4n) is 2.26. The summed E-state index contributed by atoms with van der Waals surface area (Å²) in [6, 6.07) is 0. The van der Waals surface area contributed by atoms with Crippen molar-refractivity contribution in [2.24, 2.45) is 0 Å². The van der Waals surface area contributed by atoms with Gasteiger partial charge in [-0.25, -0.2) is 0 Å². The first-order chi connectivity index (χ1) is 7.80. The third-order valence-electron chi connectivity index (χ3n) is 3.24. The van der Waals surface area contributed by atoms with Crippen molar-refractivity contribution in [3.63, 3.8) is 0 Å². The number of aromatic nitrogens is 2. The van der Waals surface area contributed by atoms with Crippen LogP contribution in [0, 0.1) is 0 Å². The Hall–Kier alpha value is -0.610. The first-order valence-electron chi connectivity index (χ1n) is 5.75. The van der Waals surface area contributed by atoms with Crippen LogP contribution in [0.2, 0.25) is 0 Å². The predicted molar refractivity (Wildman–Crippen MR) is 60.5 cm³/mol. The second-order valence-electron chi connectivity index (χ2n) is 4.21. The van der Waals surface area contributed by atoms with Crippen molar-refractivity contribution in [3.8, 4) is 0 Å². The molecule has 1 aromatic rings. The Morgan fingerprint density at radius 1 is 1.38 bits per heavy atom. The lowest BCUT2D eigenvalue weighted by Gasteiger charge is -2.32. The van der Waals surface area contributed by atoms with Crippen LogP contribution in [0.3, 0.4) is 0 Å². The summed E-state index contributed by atoms with van der Waals surface area (Å²) in [6.45, 7) is 0. The van der Waals surface area contributed by atoms with Gasteiger partial charge >= 0.3 is 0 Å². The van der Waals surface area contributed by atoms with Gasteiger partial charge in [-0.15, -0.1) is 11.6 Å². The minimum Gasteiger partial charge on any atom is -0.370 e. The molecule has 0 aromatic carbocycles.